The molecule has 1 unspecified atom stereocenters. The highest BCUT2D eigenvalue weighted by Crippen LogP contribution is 2.21. The van der Waals surface area contributed by atoms with E-state index in [1.54, 1.807) is 0 Å². The van der Waals surface area contributed by atoms with E-state index in [0.29, 0.717) is 12.4 Å². The average Bonchev–Trinajstić information content (AvgIpc) is 2.28. The summed E-state index contributed by atoms with van der Waals surface area (Å²) >= 11 is 0. The first kappa shape index (κ1) is 14.7. The molecule has 18 heavy (non-hydrogen) atoms. The molecule has 0 saturated carbocycles. The molecule has 1 aromatic rings. The SMILES string of the molecule is CCC(C)(CCN)Nc1cc(OC(C)C)ncn1. The zero-order valence-electron chi connectivity index (χ0n) is 11.7. The van der Waals surface area contributed by atoms with Crippen LogP contribution in [-0.2, 0) is 0 Å². The molecule has 0 radical (unpaired) electrons. The van der Waals surface area contributed by atoms with Gasteiger partial charge in [0.25, 0.3) is 0 Å². The van der Waals surface area contributed by atoms with Gasteiger partial charge in [0.05, 0.1) is 6.10 Å². The summed E-state index contributed by atoms with van der Waals surface area (Å²) in [6, 6.07) is 1.82. The van der Waals surface area contributed by atoms with Gasteiger partial charge in [-0.15, -0.1) is 0 Å². The molecule has 0 aliphatic heterocycles. The monoisotopic (exact) mass is 252 g/mol. The third kappa shape index (κ3) is 4.49. The van der Waals surface area contributed by atoms with Crippen LogP contribution in [0.1, 0.15) is 40.5 Å². The molecular weight excluding hydrogens is 228 g/mol. The van der Waals surface area contributed by atoms with Gasteiger partial charge >= 0.3 is 0 Å². The second-order valence-electron chi connectivity index (χ2n) is 4.99. The Bertz CT molecular complexity index is 370. The molecule has 1 rings (SSSR count). The summed E-state index contributed by atoms with van der Waals surface area (Å²) in [5, 5.41) is 3.41. The minimum Gasteiger partial charge on any atom is -0.475 e. The van der Waals surface area contributed by atoms with Gasteiger partial charge in [0, 0.05) is 11.6 Å². The summed E-state index contributed by atoms with van der Waals surface area (Å²) in [6.45, 7) is 8.87. The molecule has 0 fully saturated rings. The average molecular weight is 252 g/mol. The van der Waals surface area contributed by atoms with Gasteiger partial charge in [0.1, 0.15) is 12.1 Å². The summed E-state index contributed by atoms with van der Waals surface area (Å²) in [5.41, 5.74) is 5.60. The lowest BCUT2D eigenvalue weighted by atomic mass is 9.94. The smallest absolute Gasteiger partial charge is 0.218 e. The van der Waals surface area contributed by atoms with E-state index in [-0.39, 0.29) is 11.6 Å². The van der Waals surface area contributed by atoms with E-state index < -0.39 is 0 Å². The molecule has 0 saturated heterocycles. The Kier molecular flexibility index (Phi) is 5.34. The third-order valence-electron chi connectivity index (χ3n) is 2.90. The van der Waals surface area contributed by atoms with Crippen molar-refractivity contribution in [3.63, 3.8) is 0 Å². The third-order valence-corrected chi connectivity index (χ3v) is 2.90. The molecule has 3 N–H and O–H groups in total. The van der Waals surface area contributed by atoms with Crippen molar-refractivity contribution in [1.29, 1.82) is 0 Å². The fourth-order valence-electron chi connectivity index (χ4n) is 1.67. The molecule has 0 aliphatic carbocycles. The van der Waals surface area contributed by atoms with Crippen molar-refractivity contribution in [2.75, 3.05) is 11.9 Å². The fourth-order valence-corrected chi connectivity index (χ4v) is 1.67. The molecule has 1 heterocycles. The van der Waals surface area contributed by atoms with Gasteiger partial charge in [-0.25, -0.2) is 9.97 Å². The topological polar surface area (TPSA) is 73.1 Å². The number of rotatable bonds is 7. The van der Waals surface area contributed by atoms with E-state index in [9.17, 15) is 0 Å². The van der Waals surface area contributed by atoms with Crippen LogP contribution in [0.4, 0.5) is 5.82 Å². The predicted octanol–water partition coefficient (Wildman–Crippen LogP) is 2.19. The van der Waals surface area contributed by atoms with E-state index in [0.717, 1.165) is 18.7 Å². The van der Waals surface area contributed by atoms with Crippen molar-refractivity contribution in [2.24, 2.45) is 5.73 Å². The van der Waals surface area contributed by atoms with Crippen LogP contribution >= 0.6 is 0 Å². The Morgan fingerprint density at radius 3 is 2.72 bits per heavy atom. The molecule has 0 amide bonds. The van der Waals surface area contributed by atoms with Crippen molar-refractivity contribution in [2.45, 2.75) is 52.2 Å². The number of hydrogen-bond donors (Lipinski definition) is 2. The minimum atomic E-state index is -0.0434. The van der Waals surface area contributed by atoms with E-state index >= 15 is 0 Å². The Morgan fingerprint density at radius 2 is 2.17 bits per heavy atom. The van der Waals surface area contributed by atoms with Gasteiger partial charge in [-0.1, -0.05) is 6.92 Å². The summed E-state index contributed by atoms with van der Waals surface area (Å²) < 4.78 is 5.55. The second-order valence-corrected chi connectivity index (χ2v) is 4.99. The maximum absolute atomic E-state index is 5.64. The highest BCUT2D eigenvalue weighted by molar-refractivity contribution is 5.39. The quantitative estimate of drug-likeness (QED) is 0.778. The molecular formula is C13H24N4O. The summed E-state index contributed by atoms with van der Waals surface area (Å²) in [4.78, 5) is 8.30. The lowest BCUT2D eigenvalue weighted by Gasteiger charge is -2.29. The van der Waals surface area contributed by atoms with Crippen molar-refractivity contribution in [3.05, 3.63) is 12.4 Å². The maximum Gasteiger partial charge on any atom is 0.218 e. The van der Waals surface area contributed by atoms with Crippen LogP contribution < -0.4 is 15.8 Å². The predicted molar refractivity (Wildman–Crippen MR) is 73.8 cm³/mol. The van der Waals surface area contributed by atoms with Crippen LogP contribution in [0.2, 0.25) is 0 Å². The van der Waals surface area contributed by atoms with Crippen LogP contribution in [0.25, 0.3) is 0 Å². The van der Waals surface area contributed by atoms with E-state index in [2.05, 4.69) is 29.1 Å². The van der Waals surface area contributed by atoms with Crippen LogP contribution in [-0.4, -0.2) is 28.2 Å². The Labute approximate surface area is 109 Å². The van der Waals surface area contributed by atoms with Gasteiger partial charge in [0.2, 0.25) is 5.88 Å². The molecule has 1 aromatic heterocycles. The fraction of sp³-hybridized carbons (Fsp3) is 0.692. The zero-order chi connectivity index (χ0) is 13.6. The Balaban J connectivity index is 2.77. The molecule has 5 nitrogen and oxygen atoms in total. The molecule has 0 spiro atoms. The molecule has 1 atom stereocenters. The highest BCUT2D eigenvalue weighted by atomic mass is 16.5. The zero-order valence-corrected chi connectivity index (χ0v) is 11.7. The lowest BCUT2D eigenvalue weighted by Crippen LogP contribution is -2.36. The van der Waals surface area contributed by atoms with Crippen LogP contribution in [0.5, 0.6) is 5.88 Å². The van der Waals surface area contributed by atoms with Gasteiger partial charge in [-0.3, -0.25) is 0 Å². The molecule has 0 aromatic carbocycles. The van der Waals surface area contributed by atoms with E-state index in [4.69, 9.17) is 10.5 Å². The summed E-state index contributed by atoms with van der Waals surface area (Å²) in [6.07, 6.45) is 3.50. The van der Waals surface area contributed by atoms with Gasteiger partial charge in [0.15, 0.2) is 0 Å². The van der Waals surface area contributed by atoms with Gasteiger partial charge in [-0.05, 0) is 40.2 Å². The van der Waals surface area contributed by atoms with Crippen molar-refractivity contribution in [1.82, 2.24) is 9.97 Å². The molecule has 0 bridgehead atoms. The van der Waals surface area contributed by atoms with E-state index in [1.165, 1.54) is 6.33 Å². The standard InChI is InChI=1S/C13H24N4O/c1-5-13(4,6-7-14)17-11-8-12(16-9-15-11)18-10(2)3/h8-10H,5-7,14H2,1-4H3,(H,15,16,17). The first-order valence-corrected chi connectivity index (χ1v) is 6.46. The summed E-state index contributed by atoms with van der Waals surface area (Å²) in [7, 11) is 0. The normalized spacial score (nSPS) is 14.3. The minimum absolute atomic E-state index is 0.0434. The number of aromatic nitrogens is 2. The number of nitrogens with zero attached hydrogens (tertiary/aromatic N) is 2. The maximum atomic E-state index is 5.64. The highest BCUT2D eigenvalue weighted by Gasteiger charge is 2.21. The Hall–Kier alpha value is -1.36. The van der Waals surface area contributed by atoms with Gasteiger partial charge < -0.3 is 15.8 Å². The van der Waals surface area contributed by atoms with Crippen molar-refractivity contribution < 1.29 is 4.74 Å². The van der Waals surface area contributed by atoms with Crippen molar-refractivity contribution in [3.8, 4) is 5.88 Å². The first-order valence-electron chi connectivity index (χ1n) is 6.46. The number of ether oxygens (including phenoxy) is 1. The van der Waals surface area contributed by atoms with E-state index in [1.807, 2.05) is 19.9 Å². The number of nitrogens with one attached hydrogen (secondary N) is 1. The van der Waals surface area contributed by atoms with Gasteiger partial charge in [-0.2, -0.15) is 0 Å². The number of anilines is 1. The largest absolute Gasteiger partial charge is 0.475 e. The van der Waals surface area contributed by atoms with Crippen molar-refractivity contribution >= 4 is 5.82 Å². The van der Waals surface area contributed by atoms with Crippen LogP contribution in [0, 0.1) is 0 Å². The van der Waals surface area contributed by atoms with Crippen LogP contribution in [0.3, 0.4) is 0 Å². The van der Waals surface area contributed by atoms with Crippen LogP contribution in [0.15, 0.2) is 12.4 Å². The number of nitrogens with two attached hydrogens (primary N) is 1. The molecule has 102 valence electrons. The second kappa shape index (κ2) is 6.54. The Morgan fingerprint density at radius 1 is 1.44 bits per heavy atom. The first-order chi connectivity index (χ1) is 8.49. The lowest BCUT2D eigenvalue weighted by molar-refractivity contribution is 0.232. The molecule has 5 heteroatoms. The summed E-state index contributed by atoms with van der Waals surface area (Å²) in [5.74, 6) is 1.37. The number of hydrogen-bond acceptors (Lipinski definition) is 5. The molecule has 0 aliphatic rings.